The summed E-state index contributed by atoms with van der Waals surface area (Å²) in [6, 6.07) is 1.36. The third-order valence-corrected chi connectivity index (χ3v) is 1.61. The van der Waals surface area contributed by atoms with Gasteiger partial charge in [0.05, 0.1) is 0 Å². The molecule has 0 amide bonds. The molecule has 0 bridgehead atoms. The van der Waals surface area contributed by atoms with Crippen molar-refractivity contribution in [3.8, 4) is 0 Å². The summed E-state index contributed by atoms with van der Waals surface area (Å²) in [5, 5.41) is 0. The monoisotopic (exact) mass is 190 g/mol. The van der Waals surface area contributed by atoms with Crippen LogP contribution in [0.1, 0.15) is 23.4 Å². The molecule has 2 nitrogen and oxygen atoms in total. The minimum atomic E-state index is -2.90. The molecule has 0 radical (unpaired) electrons. The predicted molar refractivity (Wildman–Crippen MR) is 41.8 cm³/mol. The molecule has 0 aliphatic carbocycles. The SMILES string of the molecule is Cc1cc(CN)c(F)c(C(F)F)n1. The number of alkyl halides is 2. The van der Waals surface area contributed by atoms with Crippen molar-refractivity contribution < 1.29 is 13.2 Å². The Kier molecular flexibility index (Phi) is 2.87. The van der Waals surface area contributed by atoms with Crippen molar-refractivity contribution in [1.82, 2.24) is 4.98 Å². The molecular formula is C8H9F3N2. The summed E-state index contributed by atoms with van der Waals surface area (Å²) in [4.78, 5) is 3.40. The van der Waals surface area contributed by atoms with Gasteiger partial charge in [0.15, 0.2) is 5.82 Å². The van der Waals surface area contributed by atoms with Gasteiger partial charge in [0.2, 0.25) is 0 Å². The van der Waals surface area contributed by atoms with Crippen molar-refractivity contribution in [2.75, 3.05) is 0 Å². The summed E-state index contributed by atoms with van der Waals surface area (Å²) in [6.07, 6.45) is -2.90. The zero-order chi connectivity index (χ0) is 10.0. The largest absolute Gasteiger partial charge is 0.326 e. The minimum absolute atomic E-state index is 0.0720. The maximum atomic E-state index is 13.1. The second-order valence-corrected chi connectivity index (χ2v) is 2.63. The van der Waals surface area contributed by atoms with E-state index in [-0.39, 0.29) is 12.1 Å². The van der Waals surface area contributed by atoms with Gasteiger partial charge in [-0.2, -0.15) is 0 Å². The second-order valence-electron chi connectivity index (χ2n) is 2.63. The zero-order valence-electron chi connectivity index (χ0n) is 7.02. The predicted octanol–water partition coefficient (Wildman–Crippen LogP) is 1.93. The van der Waals surface area contributed by atoms with Crippen LogP contribution >= 0.6 is 0 Å². The zero-order valence-corrected chi connectivity index (χ0v) is 7.02. The van der Waals surface area contributed by atoms with Gasteiger partial charge >= 0.3 is 0 Å². The number of hydrogen-bond donors (Lipinski definition) is 1. The van der Waals surface area contributed by atoms with Crippen molar-refractivity contribution in [3.63, 3.8) is 0 Å². The van der Waals surface area contributed by atoms with E-state index in [1.807, 2.05) is 0 Å². The molecule has 0 fully saturated rings. The Hall–Kier alpha value is -1.10. The quantitative estimate of drug-likeness (QED) is 0.773. The van der Waals surface area contributed by atoms with Crippen molar-refractivity contribution >= 4 is 0 Å². The van der Waals surface area contributed by atoms with E-state index in [1.54, 1.807) is 0 Å². The number of nitrogens with two attached hydrogens (primary N) is 1. The van der Waals surface area contributed by atoms with Crippen LogP contribution in [0.2, 0.25) is 0 Å². The van der Waals surface area contributed by atoms with Crippen LogP contribution in [0.15, 0.2) is 6.07 Å². The van der Waals surface area contributed by atoms with Gasteiger partial charge in [-0.05, 0) is 13.0 Å². The van der Waals surface area contributed by atoms with Gasteiger partial charge in [0.1, 0.15) is 5.69 Å². The van der Waals surface area contributed by atoms with Crippen LogP contribution in [-0.2, 0) is 6.54 Å². The highest BCUT2D eigenvalue weighted by atomic mass is 19.3. The molecule has 0 saturated heterocycles. The Labute approximate surface area is 73.6 Å². The molecule has 1 rings (SSSR count). The van der Waals surface area contributed by atoms with Crippen LogP contribution in [0.5, 0.6) is 0 Å². The Morgan fingerprint density at radius 1 is 1.54 bits per heavy atom. The van der Waals surface area contributed by atoms with Gasteiger partial charge in [-0.3, -0.25) is 0 Å². The van der Waals surface area contributed by atoms with Crippen LogP contribution in [0.25, 0.3) is 0 Å². The lowest BCUT2D eigenvalue weighted by molar-refractivity contribution is 0.140. The van der Waals surface area contributed by atoms with Gasteiger partial charge in [0.25, 0.3) is 6.43 Å². The van der Waals surface area contributed by atoms with Crippen LogP contribution in [0.4, 0.5) is 13.2 Å². The lowest BCUT2D eigenvalue weighted by Gasteiger charge is -2.06. The van der Waals surface area contributed by atoms with Crippen LogP contribution in [0.3, 0.4) is 0 Å². The first-order valence-corrected chi connectivity index (χ1v) is 3.70. The molecule has 5 heteroatoms. The van der Waals surface area contributed by atoms with E-state index >= 15 is 0 Å². The Morgan fingerprint density at radius 2 is 2.15 bits per heavy atom. The van der Waals surface area contributed by atoms with Crippen LogP contribution in [0, 0.1) is 12.7 Å². The highest BCUT2D eigenvalue weighted by Crippen LogP contribution is 2.22. The first-order valence-electron chi connectivity index (χ1n) is 3.70. The molecule has 0 saturated carbocycles. The van der Waals surface area contributed by atoms with E-state index in [0.717, 1.165) is 0 Å². The standard InChI is InChI=1S/C8H9F3N2/c1-4-2-5(3-12)6(9)7(13-4)8(10)11/h2,8H,3,12H2,1H3. The van der Waals surface area contributed by atoms with Crippen molar-refractivity contribution in [3.05, 3.63) is 28.8 Å². The highest BCUT2D eigenvalue weighted by Gasteiger charge is 2.18. The molecule has 1 aromatic heterocycles. The molecule has 0 unspecified atom stereocenters. The summed E-state index contributed by atoms with van der Waals surface area (Å²) in [5.74, 6) is -0.997. The second kappa shape index (κ2) is 3.74. The minimum Gasteiger partial charge on any atom is -0.326 e. The summed E-state index contributed by atoms with van der Waals surface area (Å²) >= 11 is 0. The Bertz CT molecular complexity index is 313. The van der Waals surface area contributed by atoms with Gasteiger partial charge in [-0.1, -0.05) is 0 Å². The molecule has 72 valence electrons. The molecular weight excluding hydrogens is 181 g/mol. The summed E-state index contributed by atoms with van der Waals surface area (Å²) < 4.78 is 37.4. The summed E-state index contributed by atoms with van der Waals surface area (Å²) in [5.41, 5.74) is 4.77. The molecule has 0 atom stereocenters. The highest BCUT2D eigenvalue weighted by molar-refractivity contribution is 5.23. The van der Waals surface area contributed by atoms with E-state index < -0.39 is 17.9 Å². The molecule has 1 heterocycles. The molecule has 2 N–H and O–H groups in total. The van der Waals surface area contributed by atoms with Crippen molar-refractivity contribution in [1.29, 1.82) is 0 Å². The Morgan fingerprint density at radius 3 is 2.62 bits per heavy atom. The number of halogens is 3. The van der Waals surface area contributed by atoms with Gasteiger partial charge in [-0.15, -0.1) is 0 Å². The number of pyridine rings is 1. The smallest absolute Gasteiger partial charge is 0.283 e. The molecule has 13 heavy (non-hydrogen) atoms. The average Bonchev–Trinajstić information content (AvgIpc) is 2.08. The maximum Gasteiger partial charge on any atom is 0.283 e. The first kappa shape index (κ1) is 9.98. The van der Waals surface area contributed by atoms with E-state index in [1.165, 1.54) is 13.0 Å². The van der Waals surface area contributed by atoms with E-state index in [0.29, 0.717) is 5.69 Å². The third kappa shape index (κ3) is 1.98. The number of rotatable bonds is 2. The fourth-order valence-corrected chi connectivity index (χ4v) is 1.04. The Balaban J connectivity index is 3.27. The normalized spacial score (nSPS) is 10.9. The molecule has 0 aliphatic heterocycles. The summed E-state index contributed by atoms with van der Waals surface area (Å²) in [6.45, 7) is 1.42. The fraction of sp³-hybridized carbons (Fsp3) is 0.375. The molecule has 1 aromatic rings. The van der Waals surface area contributed by atoms with Gasteiger partial charge < -0.3 is 5.73 Å². The van der Waals surface area contributed by atoms with E-state index in [4.69, 9.17) is 5.73 Å². The number of hydrogen-bond acceptors (Lipinski definition) is 2. The topological polar surface area (TPSA) is 38.9 Å². The maximum absolute atomic E-state index is 13.1. The lowest BCUT2D eigenvalue weighted by atomic mass is 10.2. The fourth-order valence-electron chi connectivity index (χ4n) is 1.04. The number of nitrogens with zero attached hydrogens (tertiary/aromatic N) is 1. The van der Waals surface area contributed by atoms with Crippen molar-refractivity contribution in [2.24, 2.45) is 5.73 Å². The van der Waals surface area contributed by atoms with Crippen LogP contribution < -0.4 is 5.73 Å². The summed E-state index contributed by atoms with van der Waals surface area (Å²) in [7, 11) is 0. The molecule has 0 aromatic carbocycles. The number of aryl methyl sites for hydroxylation is 1. The average molecular weight is 190 g/mol. The van der Waals surface area contributed by atoms with E-state index in [9.17, 15) is 13.2 Å². The van der Waals surface area contributed by atoms with E-state index in [2.05, 4.69) is 4.98 Å². The van der Waals surface area contributed by atoms with Crippen molar-refractivity contribution in [2.45, 2.75) is 19.9 Å². The third-order valence-electron chi connectivity index (χ3n) is 1.61. The molecule has 0 spiro atoms. The van der Waals surface area contributed by atoms with Gasteiger partial charge in [0, 0.05) is 17.8 Å². The first-order chi connectivity index (χ1) is 6.06. The lowest BCUT2D eigenvalue weighted by Crippen LogP contribution is -2.06. The molecule has 0 aliphatic rings. The van der Waals surface area contributed by atoms with Gasteiger partial charge in [-0.25, -0.2) is 18.2 Å². The number of aromatic nitrogens is 1. The van der Waals surface area contributed by atoms with Crippen LogP contribution in [-0.4, -0.2) is 4.98 Å².